The maximum atomic E-state index is 12.3. The Hall–Kier alpha value is -1.94. The molecule has 3 rings (SSSR count). The summed E-state index contributed by atoms with van der Waals surface area (Å²) < 4.78 is 1.03. The van der Waals surface area contributed by atoms with E-state index in [-0.39, 0.29) is 11.9 Å². The first-order chi connectivity index (χ1) is 10.7. The van der Waals surface area contributed by atoms with Crippen LogP contribution in [0, 0.1) is 0 Å². The third-order valence-electron chi connectivity index (χ3n) is 3.83. The zero-order valence-electron chi connectivity index (χ0n) is 12.4. The predicted octanol–water partition coefficient (Wildman–Crippen LogP) is 4.54. The van der Waals surface area contributed by atoms with Crippen LogP contribution in [0.3, 0.4) is 0 Å². The smallest absolute Gasteiger partial charge is 0.242 e. The fourth-order valence-corrected chi connectivity index (χ4v) is 2.92. The van der Waals surface area contributed by atoms with Gasteiger partial charge in [-0.15, -0.1) is 0 Å². The van der Waals surface area contributed by atoms with Crippen molar-refractivity contribution in [3.05, 3.63) is 70.2 Å². The standard InChI is InChI=1S/C18H17BrN2O/c1-2-18(22)21-17(14-8-10-15(19)11-9-14)12-16(20-21)13-6-4-3-5-7-13/h3-11,17H,2,12H2,1H3/t17-/m1/s1. The predicted molar refractivity (Wildman–Crippen MR) is 91.6 cm³/mol. The second-order valence-electron chi connectivity index (χ2n) is 5.28. The number of carbonyl (C=O) groups is 1. The normalized spacial score (nSPS) is 17.5. The molecular formula is C18H17BrN2O. The van der Waals surface area contributed by atoms with Crippen LogP contribution in [-0.2, 0) is 4.79 Å². The number of carbonyl (C=O) groups excluding carboxylic acids is 1. The molecule has 0 N–H and O–H groups in total. The van der Waals surface area contributed by atoms with Crippen molar-refractivity contribution >= 4 is 27.5 Å². The molecule has 0 saturated heterocycles. The van der Waals surface area contributed by atoms with E-state index in [1.807, 2.05) is 61.5 Å². The van der Waals surface area contributed by atoms with E-state index in [9.17, 15) is 4.79 Å². The van der Waals surface area contributed by atoms with Gasteiger partial charge in [-0.2, -0.15) is 5.10 Å². The molecule has 2 aromatic carbocycles. The lowest BCUT2D eigenvalue weighted by Gasteiger charge is -2.21. The minimum absolute atomic E-state index is 0.0178. The van der Waals surface area contributed by atoms with Gasteiger partial charge in [0.25, 0.3) is 0 Å². The van der Waals surface area contributed by atoms with E-state index < -0.39 is 0 Å². The first-order valence-corrected chi connectivity index (χ1v) is 8.18. The first-order valence-electron chi connectivity index (χ1n) is 7.39. The second kappa shape index (κ2) is 6.44. The summed E-state index contributed by atoms with van der Waals surface area (Å²) >= 11 is 3.45. The number of benzene rings is 2. The maximum Gasteiger partial charge on any atom is 0.242 e. The maximum absolute atomic E-state index is 12.3. The van der Waals surface area contributed by atoms with Crippen molar-refractivity contribution in [3.63, 3.8) is 0 Å². The molecule has 0 aliphatic carbocycles. The van der Waals surface area contributed by atoms with Crippen LogP contribution in [0.5, 0.6) is 0 Å². The number of amides is 1. The minimum Gasteiger partial charge on any atom is -0.273 e. The number of hydrogen-bond donors (Lipinski definition) is 0. The van der Waals surface area contributed by atoms with Crippen molar-refractivity contribution in [3.8, 4) is 0 Å². The molecule has 4 heteroatoms. The third-order valence-corrected chi connectivity index (χ3v) is 4.36. The van der Waals surface area contributed by atoms with E-state index >= 15 is 0 Å². The molecule has 0 aromatic heterocycles. The monoisotopic (exact) mass is 356 g/mol. The molecule has 1 atom stereocenters. The summed E-state index contributed by atoms with van der Waals surface area (Å²) in [5.41, 5.74) is 3.16. The summed E-state index contributed by atoms with van der Waals surface area (Å²) in [5, 5.41) is 6.24. The lowest BCUT2D eigenvalue weighted by molar-refractivity contribution is -0.132. The van der Waals surface area contributed by atoms with Crippen LogP contribution < -0.4 is 0 Å². The molecular weight excluding hydrogens is 340 g/mol. The molecule has 1 heterocycles. The SMILES string of the molecule is CCC(=O)N1N=C(c2ccccc2)C[C@@H]1c1ccc(Br)cc1. The fraction of sp³-hybridized carbons (Fsp3) is 0.222. The summed E-state index contributed by atoms with van der Waals surface area (Å²) in [6.07, 6.45) is 1.20. The second-order valence-corrected chi connectivity index (χ2v) is 6.19. The van der Waals surface area contributed by atoms with E-state index in [1.165, 1.54) is 0 Å². The highest BCUT2D eigenvalue weighted by Crippen LogP contribution is 2.33. The average Bonchev–Trinajstić information content (AvgIpc) is 3.01. The number of hydrazone groups is 1. The molecule has 22 heavy (non-hydrogen) atoms. The van der Waals surface area contributed by atoms with E-state index in [0.717, 1.165) is 27.7 Å². The number of rotatable bonds is 3. The summed E-state index contributed by atoms with van der Waals surface area (Å²) in [6, 6.07) is 18.1. The molecule has 1 aliphatic heterocycles. The zero-order chi connectivity index (χ0) is 15.5. The van der Waals surface area contributed by atoms with Crippen LogP contribution in [0.25, 0.3) is 0 Å². The topological polar surface area (TPSA) is 32.7 Å². The lowest BCUT2D eigenvalue weighted by Crippen LogP contribution is -2.26. The van der Waals surface area contributed by atoms with Gasteiger partial charge in [-0.25, -0.2) is 5.01 Å². The Morgan fingerprint density at radius 3 is 2.50 bits per heavy atom. The van der Waals surface area contributed by atoms with Crippen LogP contribution in [0.1, 0.15) is 36.9 Å². The van der Waals surface area contributed by atoms with Gasteiger partial charge in [0.1, 0.15) is 0 Å². The number of nitrogens with zero attached hydrogens (tertiary/aromatic N) is 2. The van der Waals surface area contributed by atoms with Crippen molar-refractivity contribution < 1.29 is 4.79 Å². The van der Waals surface area contributed by atoms with Gasteiger partial charge in [0.2, 0.25) is 5.91 Å². The van der Waals surface area contributed by atoms with Gasteiger partial charge in [-0.1, -0.05) is 65.3 Å². The molecule has 0 fully saturated rings. The molecule has 0 radical (unpaired) electrons. The Balaban J connectivity index is 1.94. The van der Waals surface area contributed by atoms with Crippen LogP contribution in [0.15, 0.2) is 64.2 Å². The van der Waals surface area contributed by atoms with Gasteiger partial charge in [0, 0.05) is 17.3 Å². The molecule has 2 aromatic rings. The van der Waals surface area contributed by atoms with Crippen molar-refractivity contribution in [2.45, 2.75) is 25.8 Å². The van der Waals surface area contributed by atoms with E-state index in [1.54, 1.807) is 5.01 Å². The molecule has 0 bridgehead atoms. The Morgan fingerprint density at radius 2 is 1.86 bits per heavy atom. The van der Waals surface area contributed by atoms with E-state index in [4.69, 9.17) is 0 Å². The van der Waals surface area contributed by atoms with Crippen LogP contribution >= 0.6 is 15.9 Å². The van der Waals surface area contributed by atoms with Gasteiger partial charge in [0.05, 0.1) is 11.8 Å². The Bertz CT molecular complexity index is 695. The van der Waals surface area contributed by atoms with Gasteiger partial charge in [0.15, 0.2) is 0 Å². The van der Waals surface area contributed by atoms with Gasteiger partial charge in [-0.05, 0) is 23.3 Å². The van der Waals surface area contributed by atoms with Gasteiger partial charge < -0.3 is 0 Å². The highest BCUT2D eigenvalue weighted by molar-refractivity contribution is 9.10. The quantitative estimate of drug-likeness (QED) is 0.794. The van der Waals surface area contributed by atoms with Crippen molar-refractivity contribution in [1.29, 1.82) is 0 Å². The molecule has 0 unspecified atom stereocenters. The molecule has 1 aliphatic rings. The molecule has 0 saturated carbocycles. The van der Waals surface area contributed by atoms with Crippen molar-refractivity contribution in [2.75, 3.05) is 0 Å². The molecule has 1 amide bonds. The highest BCUT2D eigenvalue weighted by Gasteiger charge is 2.32. The summed E-state index contributed by atoms with van der Waals surface area (Å²) in [5.74, 6) is 0.0545. The molecule has 0 spiro atoms. The van der Waals surface area contributed by atoms with Gasteiger partial charge >= 0.3 is 0 Å². The Labute approximate surface area is 138 Å². The first kappa shape index (κ1) is 15.0. The lowest BCUT2D eigenvalue weighted by atomic mass is 9.98. The molecule has 3 nitrogen and oxygen atoms in total. The zero-order valence-corrected chi connectivity index (χ0v) is 14.0. The Morgan fingerprint density at radius 1 is 1.18 bits per heavy atom. The largest absolute Gasteiger partial charge is 0.273 e. The number of halogens is 1. The summed E-state index contributed by atoms with van der Waals surface area (Å²) in [6.45, 7) is 1.87. The van der Waals surface area contributed by atoms with Crippen LogP contribution in [-0.4, -0.2) is 16.6 Å². The molecule has 112 valence electrons. The Kier molecular flexibility index (Phi) is 4.39. The van der Waals surface area contributed by atoms with Crippen LogP contribution in [0.4, 0.5) is 0 Å². The van der Waals surface area contributed by atoms with Crippen LogP contribution in [0.2, 0.25) is 0 Å². The van der Waals surface area contributed by atoms with Gasteiger partial charge in [-0.3, -0.25) is 4.79 Å². The number of hydrogen-bond acceptors (Lipinski definition) is 2. The average molecular weight is 357 g/mol. The summed E-state index contributed by atoms with van der Waals surface area (Å²) in [7, 11) is 0. The fourth-order valence-electron chi connectivity index (χ4n) is 2.65. The highest BCUT2D eigenvalue weighted by atomic mass is 79.9. The van der Waals surface area contributed by atoms with Crippen molar-refractivity contribution in [2.24, 2.45) is 5.10 Å². The summed E-state index contributed by atoms with van der Waals surface area (Å²) in [4.78, 5) is 12.3. The van der Waals surface area contributed by atoms with E-state index in [2.05, 4.69) is 21.0 Å². The third kappa shape index (κ3) is 2.97. The van der Waals surface area contributed by atoms with E-state index in [0.29, 0.717) is 6.42 Å². The van der Waals surface area contributed by atoms with Crippen molar-refractivity contribution in [1.82, 2.24) is 5.01 Å². The minimum atomic E-state index is -0.0178.